The molecule has 0 N–H and O–H groups in total. The molecule has 2 heterocycles. The topological polar surface area (TPSA) is 75.6 Å². The molecule has 2 amide bonds. The van der Waals surface area contributed by atoms with E-state index in [2.05, 4.69) is 9.97 Å². The summed E-state index contributed by atoms with van der Waals surface area (Å²) in [4.78, 5) is 36.4. The summed E-state index contributed by atoms with van der Waals surface area (Å²) < 4.78 is 20.0. The molecule has 1 aromatic carbocycles. The zero-order valence-electron chi connectivity index (χ0n) is 16.2. The molecule has 2 aromatic rings. The van der Waals surface area contributed by atoms with Crippen molar-refractivity contribution in [2.24, 2.45) is 0 Å². The molecule has 2 atom stereocenters. The fraction of sp³-hybridized carbons (Fsp3) is 0.400. The molecule has 0 saturated carbocycles. The lowest BCUT2D eigenvalue weighted by Gasteiger charge is -2.24. The molecule has 1 fully saturated rings. The number of rotatable bonds is 8. The molecule has 0 radical (unpaired) electrons. The third-order valence-electron chi connectivity index (χ3n) is 4.68. The second-order valence-corrected chi connectivity index (χ2v) is 7.03. The molecule has 0 unspecified atom stereocenters. The van der Waals surface area contributed by atoms with Crippen LogP contribution in [0.25, 0.3) is 0 Å². The highest BCUT2D eigenvalue weighted by molar-refractivity contribution is 6.30. The molecular weight excluding hydrogens is 399 g/mol. The van der Waals surface area contributed by atoms with Crippen molar-refractivity contribution in [2.45, 2.75) is 32.5 Å². The molecule has 29 heavy (non-hydrogen) atoms. The summed E-state index contributed by atoms with van der Waals surface area (Å²) in [5.41, 5.74) is 0.399. The molecule has 9 heteroatoms. The van der Waals surface area contributed by atoms with Gasteiger partial charge in [0.2, 0.25) is 5.95 Å². The Morgan fingerprint density at radius 3 is 2.72 bits per heavy atom. The van der Waals surface area contributed by atoms with Crippen molar-refractivity contribution in [3.05, 3.63) is 47.2 Å². The van der Waals surface area contributed by atoms with E-state index in [4.69, 9.17) is 16.3 Å². The number of nitrogens with zero attached hydrogens (tertiary/aromatic N) is 4. The fourth-order valence-corrected chi connectivity index (χ4v) is 3.31. The van der Waals surface area contributed by atoms with Gasteiger partial charge in [-0.2, -0.15) is 0 Å². The largest absolute Gasteiger partial charge is 0.494 e. The number of amides is 2. The third-order valence-corrected chi connectivity index (χ3v) is 4.88. The lowest BCUT2D eigenvalue weighted by atomic mass is 10.1. The van der Waals surface area contributed by atoms with E-state index < -0.39 is 18.2 Å². The van der Waals surface area contributed by atoms with Gasteiger partial charge in [-0.1, -0.05) is 30.7 Å². The van der Waals surface area contributed by atoms with Crippen LogP contribution in [0, 0.1) is 0 Å². The smallest absolute Gasteiger partial charge is 0.327 e. The molecule has 3 rings (SSSR count). The molecular formula is C20H22ClFN4O3. The Labute approximate surface area is 173 Å². The Bertz CT molecular complexity index is 880. The van der Waals surface area contributed by atoms with Gasteiger partial charge in [-0.15, -0.1) is 0 Å². The highest BCUT2D eigenvalue weighted by Gasteiger charge is 2.43. The van der Waals surface area contributed by atoms with Gasteiger partial charge < -0.3 is 9.64 Å². The number of halogens is 2. The number of carbonyl (C=O) groups excluding carboxylic acids is 2. The van der Waals surface area contributed by atoms with E-state index in [0.29, 0.717) is 22.9 Å². The first-order valence-electron chi connectivity index (χ1n) is 9.40. The Balaban J connectivity index is 1.83. The first kappa shape index (κ1) is 21.0. The van der Waals surface area contributed by atoms with E-state index in [0.717, 1.165) is 0 Å². The van der Waals surface area contributed by atoms with Crippen molar-refractivity contribution in [3.63, 3.8) is 0 Å². The van der Waals surface area contributed by atoms with Gasteiger partial charge in [0.1, 0.15) is 11.9 Å². The molecule has 7 nitrogen and oxygen atoms in total. The number of benzene rings is 1. The Morgan fingerprint density at radius 2 is 2.07 bits per heavy atom. The van der Waals surface area contributed by atoms with Crippen molar-refractivity contribution in [3.8, 4) is 5.75 Å². The molecule has 1 aromatic heterocycles. The summed E-state index contributed by atoms with van der Waals surface area (Å²) in [6.07, 6.45) is 1.68. The summed E-state index contributed by atoms with van der Waals surface area (Å²) >= 11 is 5.80. The van der Waals surface area contributed by atoms with E-state index in [1.54, 1.807) is 31.2 Å². The van der Waals surface area contributed by atoms with E-state index >= 15 is 0 Å². The van der Waals surface area contributed by atoms with Gasteiger partial charge in [-0.05, 0) is 25.5 Å². The number of carbonyl (C=O) groups is 2. The van der Waals surface area contributed by atoms with Crippen LogP contribution in [0.4, 0.5) is 15.1 Å². The minimum Gasteiger partial charge on any atom is -0.494 e. The van der Waals surface area contributed by atoms with Gasteiger partial charge in [-0.25, -0.2) is 19.2 Å². The minimum atomic E-state index is -1.28. The first-order chi connectivity index (χ1) is 13.9. The normalized spacial score (nSPS) is 17.5. The Kier molecular flexibility index (Phi) is 6.64. The highest BCUT2D eigenvalue weighted by atomic mass is 35.5. The van der Waals surface area contributed by atoms with Crippen LogP contribution < -0.4 is 9.64 Å². The quantitative estimate of drug-likeness (QED) is 0.607. The van der Waals surface area contributed by atoms with E-state index in [1.165, 1.54) is 22.2 Å². The number of aromatic nitrogens is 2. The van der Waals surface area contributed by atoms with Crippen molar-refractivity contribution in [1.82, 2.24) is 14.9 Å². The molecule has 154 valence electrons. The highest BCUT2D eigenvalue weighted by Crippen LogP contribution is 2.26. The molecule has 1 aliphatic heterocycles. The van der Waals surface area contributed by atoms with Crippen molar-refractivity contribution in [1.29, 1.82) is 0 Å². The van der Waals surface area contributed by atoms with Gasteiger partial charge in [0.05, 0.1) is 43.2 Å². The van der Waals surface area contributed by atoms with E-state index in [-0.39, 0.29) is 31.2 Å². The minimum absolute atomic E-state index is 0.0573. The van der Waals surface area contributed by atoms with Crippen LogP contribution in [0.5, 0.6) is 5.75 Å². The maximum absolute atomic E-state index is 14.6. The van der Waals surface area contributed by atoms with Crippen LogP contribution in [0.1, 0.15) is 30.6 Å². The fourth-order valence-electron chi connectivity index (χ4n) is 3.21. The van der Waals surface area contributed by atoms with Crippen LogP contribution >= 0.6 is 11.6 Å². The first-order valence-corrected chi connectivity index (χ1v) is 9.78. The van der Waals surface area contributed by atoms with Gasteiger partial charge in [0, 0.05) is 5.56 Å². The maximum atomic E-state index is 14.6. The lowest BCUT2D eigenvalue weighted by Crippen LogP contribution is -2.43. The van der Waals surface area contributed by atoms with Crippen LogP contribution in [-0.4, -0.2) is 58.6 Å². The second kappa shape index (κ2) is 9.17. The van der Waals surface area contributed by atoms with Crippen molar-refractivity contribution in [2.75, 3.05) is 24.6 Å². The number of hydrogen-bond donors (Lipinski definition) is 0. The number of ketones is 1. The predicted octanol–water partition coefficient (Wildman–Crippen LogP) is 3.77. The zero-order chi connectivity index (χ0) is 21.0. The Hall–Kier alpha value is -2.74. The third kappa shape index (κ3) is 4.64. The number of anilines is 1. The molecule has 0 bridgehead atoms. The average molecular weight is 421 g/mol. The van der Waals surface area contributed by atoms with E-state index in [1.807, 2.05) is 6.92 Å². The average Bonchev–Trinajstić information content (AvgIpc) is 3.05. The summed E-state index contributed by atoms with van der Waals surface area (Å²) in [6, 6.07) is 5.44. The lowest BCUT2D eigenvalue weighted by molar-refractivity contribution is 0.0902. The van der Waals surface area contributed by atoms with Crippen LogP contribution in [0.15, 0.2) is 36.7 Å². The molecule has 1 saturated heterocycles. The van der Waals surface area contributed by atoms with Gasteiger partial charge >= 0.3 is 6.03 Å². The summed E-state index contributed by atoms with van der Waals surface area (Å²) in [7, 11) is 0. The summed E-state index contributed by atoms with van der Waals surface area (Å²) in [5.74, 6) is 0.392. The second-order valence-electron chi connectivity index (χ2n) is 6.60. The predicted molar refractivity (Wildman–Crippen MR) is 107 cm³/mol. The van der Waals surface area contributed by atoms with Crippen molar-refractivity contribution < 1.29 is 18.7 Å². The molecule has 1 aliphatic rings. The number of alkyl halides is 1. The van der Waals surface area contributed by atoms with Crippen LogP contribution in [0.3, 0.4) is 0 Å². The maximum Gasteiger partial charge on any atom is 0.327 e. The van der Waals surface area contributed by atoms with E-state index in [9.17, 15) is 14.0 Å². The number of Topliss-reactive ketones (excluding diaryl/α,β-unsaturated/α-hetero) is 1. The SMILES string of the molecule is CCOc1cccc(C(=O)CN2C(=O)N(c3ncc(Cl)cn3)C[C@@H]2[C@@H](F)CC)c1. The van der Waals surface area contributed by atoms with Crippen molar-refractivity contribution >= 4 is 29.4 Å². The standard InChI is InChI=1S/C20H22ClFN4O3/c1-3-16(22)17-11-26(19-23-9-14(21)10-24-19)20(28)25(17)12-18(27)13-6-5-7-15(8-13)29-4-2/h5-10,16-17H,3-4,11-12H2,1-2H3/t16-,17+/m0/s1. The number of ether oxygens (including phenoxy) is 1. The monoisotopic (exact) mass is 420 g/mol. The molecule has 0 aliphatic carbocycles. The number of hydrogen-bond acceptors (Lipinski definition) is 5. The van der Waals surface area contributed by atoms with Gasteiger partial charge in [0.25, 0.3) is 0 Å². The summed E-state index contributed by atoms with van der Waals surface area (Å²) in [6.45, 7) is 3.83. The molecule has 0 spiro atoms. The number of urea groups is 1. The van der Waals surface area contributed by atoms with Crippen LogP contribution in [-0.2, 0) is 0 Å². The van der Waals surface area contributed by atoms with Gasteiger partial charge in [0.15, 0.2) is 5.78 Å². The Morgan fingerprint density at radius 1 is 1.34 bits per heavy atom. The zero-order valence-corrected chi connectivity index (χ0v) is 17.0. The van der Waals surface area contributed by atoms with Crippen LogP contribution in [0.2, 0.25) is 5.02 Å². The summed E-state index contributed by atoms with van der Waals surface area (Å²) in [5, 5.41) is 0.329. The van der Waals surface area contributed by atoms with Gasteiger partial charge in [-0.3, -0.25) is 9.69 Å².